The second kappa shape index (κ2) is 5.22. The first-order chi connectivity index (χ1) is 5.22. The fourth-order valence-corrected chi connectivity index (χ4v) is 1.50. The molecule has 1 aliphatic rings. The van der Waals surface area contributed by atoms with Gasteiger partial charge < -0.3 is 4.90 Å². The van der Waals surface area contributed by atoms with E-state index in [4.69, 9.17) is 0 Å². The van der Waals surface area contributed by atoms with Gasteiger partial charge in [0.1, 0.15) is 0 Å². The van der Waals surface area contributed by atoms with Crippen LogP contribution in [0, 0.1) is 0 Å². The van der Waals surface area contributed by atoms with Gasteiger partial charge in [-0.1, -0.05) is 20.4 Å². The monoisotopic (exact) mass is 155 g/mol. The topological polar surface area (TPSA) is 3.24 Å². The molecule has 1 nitrogen and oxygen atoms in total. The van der Waals surface area contributed by atoms with Crippen LogP contribution in [0.3, 0.4) is 0 Å². The van der Waals surface area contributed by atoms with Crippen LogP contribution in [0.15, 0.2) is 12.3 Å². The van der Waals surface area contributed by atoms with Crippen LogP contribution in [0.1, 0.15) is 40.5 Å². The average molecular weight is 155 g/mol. The number of rotatable bonds is 1. The van der Waals surface area contributed by atoms with Crippen LogP contribution in [0.5, 0.6) is 0 Å². The summed E-state index contributed by atoms with van der Waals surface area (Å²) in [6, 6.07) is 0.738. The first-order valence-corrected chi connectivity index (χ1v) is 4.64. The van der Waals surface area contributed by atoms with Crippen LogP contribution in [-0.2, 0) is 0 Å². The zero-order chi connectivity index (χ0) is 8.85. The molecule has 0 saturated carbocycles. The van der Waals surface area contributed by atoms with Crippen molar-refractivity contribution in [2.75, 3.05) is 6.54 Å². The van der Waals surface area contributed by atoms with E-state index < -0.39 is 0 Å². The molecular formula is C10H21N. The SMILES string of the molecule is C=C(C)N1CCCC1C.CC. The van der Waals surface area contributed by atoms with Crippen molar-refractivity contribution in [1.82, 2.24) is 4.90 Å². The maximum absolute atomic E-state index is 3.91. The van der Waals surface area contributed by atoms with Crippen molar-refractivity contribution >= 4 is 0 Å². The molecule has 1 heterocycles. The van der Waals surface area contributed by atoms with Gasteiger partial charge in [-0.15, -0.1) is 0 Å². The Morgan fingerprint density at radius 2 is 2.00 bits per heavy atom. The Labute approximate surface area is 71.1 Å². The van der Waals surface area contributed by atoms with Gasteiger partial charge in [0.15, 0.2) is 0 Å². The summed E-state index contributed by atoms with van der Waals surface area (Å²) in [5.74, 6) is 0. The van der Waals surface area contributed by atoms with Crippen molar-refractivity contribution in [3.63, 3.8) is 0 Å². The molecule has 1 fully saturated rings. The van der Waals surface area contributed by atoms with E-state index in [1.54, 1.807) is 0 Å². The van der Waals surface area contributed by atoms with Gasteiger partial charge in [-0.2, -0.15) is 0 Å². The Morgan fingerprint density at radius 3 is 2.18 bits per heavy atom. The minimum atomic E-state index is 0.738. The minimum Gasteiger partial charge on any atom is -0.373 e. The Morgan fingerprint density at radius 1 is 1.45 bits per heavy atom. The fourth-order valence-electron chi connectivity index (χ4n) is 1.50. The maximum Gasteiger partial charge on any atom is 0.0259 e. The highest BCUT2D eigenvalue weighted by atomic mass is 15.2. The summed E-state index contributed by atoms with van der Waals surface area (Å²) in [4.78, 5) is 2.38. The molecule has 1 heteroatoms. The third-order valence-corrected chi connectivity index (χ3v) is 2.04. The van der Waals surface area contributed by atoms with Crippen LogP contribution >= 0.6 is 0 Å². The molecule has 0 aromatic carbocycles. The summed E-state index contributed by atoms with van der Waals surface area (Å²) in [5.41, 5.74) is 1.22. The third kappa shape index (κ3) is 2.96. The molecule has 0 N–H and O–H groups in total. The normalized spacial score (nSPS) is 22.5. The molecule has 1 unspecified atom stereocenters. The van der Waals surface area contributed by atoms with Gasteiger partial charge in [0, 0.05) is 18.3 Å². The van der Waals surface area contributed by atoms with E-state index in [2.05, 4.69) is 25.3 Å². The van der Waals surface area contributed by atoms with E-state index in [1.165, 1.54) is 25.1 Å². The standard InChI is InChI=1S/C8H15N.C2H6/c1-7(2)9-6-4-5-8(9)3;1-2/h8H,1,4-6H2,2-3H3;1-2H3. The highest BCUT2D eigenvalue weighted by Gasteiger charge is 2.18. The lowest BCUT2D eigenvalue weighted by Gasteiger charge is -2.22. The van der Waals surface area contributed by atoms with E-state index in [0.29, 0.717) is 0 Å². The molecule has 0 aliphatic carbocycles. The highest BCUT2D eigenvalue weighted by molar-refractivity contribution is 4.94. The Bertz CT molecular complexity index is 118. The molecule has 11 heavy (non-hydrogen) atoms. The van der Waals surface area contributed by atoms with Crippen LogP contribution < -0.4 is 0 Å². The van der Waals surface area contributed by atoms with Crippen molar-refractivity contribution in [2.45, 2.75) is 46.6 Å². The van der Waals surface area contributed by atoms with E-state index in [-0.39, 0.29) is 0 Å². The molecule has 0 bridgehead atoms. The molecule has 66 valence electrons. The number of hydrogen-bond acceptors (Lipinski definition) is 1. The summed E-state index contributed by atoms with van der Waals surface area (Å²) in [6.07, 6.45) is 2.68. The van der Waals surface area contributed by atoms with Gasteiger partial charge >= 0.3 is 0 Å². The lowest BCUT2D eigenvalue weighted by molar-refractivity contribution is 0.342. The van der Waals surface area contributed by atoms with Gasteiger partial charge in [0.2, 0.25) is 0 Å². The second-order valence-electron chi connectivity index (χ2n) is 2.92. The molecule has 1 saturated heterocycles. The molecule has 0 aromatic heterocycles. The van der Waals surface area contributed by atoms with Crippen LogP contribution in [0.2, 0.25) is 0 Å². The maximum atomic E-state index is 3.91. The summed E-state index contributed by atoms with van der Waals surface area (Å²) in [6.45, 7) is 13.5. The summed E-state index contributed by atoms with van der Waals surface area (Å²) in [5, 5.41) is 0. The Hall–Kier alpha value is -0.460. The Balaban J connectivity index is 0.000000461. The van der Waals surface area contributed by atoms with Crippen LogP contribution in [-0.4, -0.2) is 17.5 Å². The van der Waals surface area contributed by atoms with Crippen molar-refractivity contribution in [3.8, 4) is 0 Å². The summed E-state index contributed by atoms with van der Waals surface area (Å²) >= 11 is 0. The van der Waals surface area contributed by atoms with E-state index >= 15 is 0 Å². The van der Waals surface area contributed by atoms with Crippen LogP contribution in [0.25, 0.3) is 0 Å². The zero-order valence-corrected chi connectivity index (χ0v) is 8.35. The molecular weight excluding hydrogens is 134 g/mol. The van der Waals surface area contributed by atoms with E-state index in [9.17, 15) is 0 Å². The number of nitrogens with zero attached hydrogens (tertiary/aromatic N) is 1. The van der Waals surface area contributed by atoms with Gasteiger partial charge in [0.05, 0.1) is 0 Å². The molecule has 0 radical (unpaired) electrons. The average Bonchev–Trinajstić information content (AvgIpc) is 2.39. The zero-order valence-electron chi connectivity index (χ0n) is 8.35. The fraction of sp³-hybridized carbons (Fsp3) is 0.800. The van der Waals surface area contributed by atoms with E-state index in [1.807, 2.05) is 13.8 Å². The highest BCUT2D eigenvalue weighted by Crippen LogP contribution is 2.19. The molecule has 1 rings (SSSR count). The first-order valence-electron chi connectivity index (χ1n) is 4.64. The number of allylic oxidation sites excluding steroid dienone is 1. The van der Waals surface area contributed by atoms with Gasteiger partial charge in [0.25, 0.3) is 0 Å². The Kier molecular flexibility index (Phi) is 5.01. The predicted molar refractivity (Wildman–Crippen MR) is 51.6 cm³/mol. The molecule has 0 spiro atoms. The van der Waals surface area contributed by atoms with Gasteiger partial charge in [-0.05, 0) is 26.7 Å². The second-order valence-corrected chi connectivity index (χ2v) is 2.92. The minimum absolute atomic E-state index is 0.738. The third-order valence-electron chi connectivity index (χ3n) is 2.04. The molecule has 1 atom stereocenters. The quantitative estimate of drug-likeness (QED) is 0.562. The first kappa shape index (κ1) is 10.5. The molecule has 1 aliphatic heterocycles. The van der Waals surface area contributed by atoms with Gasteiger partial charge in [-0.3, -0.25) is 0 Å². The van der Waals surface area contributed by atoms with E-state index in [0.717, 1.165) is 6.04 Å². The largest absolute Gasteiger partial charge is 0.373 e. The van der Waals surface area contributed by atoms with Crippen LogP contribution in [0.4, 0.5) is 0 Å². The molecule has 0 amide bonds. The van der Waals surface area contributed by atoms with Crippen molar-refractivity contribution in [3.05, 3.63) is 12.3 Å². The van der Waals surface area contributed by atoms with Crippen molar-refractivity contribution in [1.29, 1.82) is 0 Å². The van der Waals surface area contributed by atoms with Crippen molar-refractivity contribution < 1.29 is 0 Å². The lowest BCUT2D eigenvalue weighted by Crippen LogP contribution is -2.23. The summed E-state index contributed by atoms with van der Waals surface area (Å²) < 4.78 is 0. The van der Waals surface area contributed by atoms with Gasteiger partial charge in [-0.25, -0.2) is 0 Å². The predicted octanol–water partition coefficient (Wildman–Crippen LogP) is 3.03. The lowest BCUT2D eigenvalue weighted by atomic mass is 10.2. The molecule has 0 aromatic rings. The number of hydrogen-bond donors (Lipinski definition) is 0. The van der Waals surface area contributed by atoms with Crippen molar-refractivity contribution in [2.24, 2.45) is 0 Å². The number of likely N-dealkylation sites (tertiary alicyclic amines) is 1. The smallest absolute Gasteiger partial charge is 0.0259 e. The summed E-state index contributed by atoms with van der Waals surface area (Å²) in [7, 11) is 0.